The van der Waals surface area contributed by atoms with Gasteiger partial charge in [-0.3, -0.25) is 10.1 Å². The maximum absolute atomic E-state index is 10.6. The standard InChI is InChI=1S/C6H4ClN3OS/c1-3(11)9-6-10-5(8-2)4(7)12-6/h1H3,(H,9,10,11). The van der Waals surface area contributed by atoms with Crippen molar-refractivity contribution >= 4 is 39.8 Å². The number of halogens is 1. The highest BCUT2D eigenvalue weighted by molar-refractivity contribution is 7.20. The minimum atomic E-state index is -0.225. The van der Waals surface area contributed by atoms with Crippen LogP contribution in [0.4, 0.5) is 10.9 Å². The lowest BCUT2D eigenvalue weighted by Crippen LogP contribution is -2.04. The Kier molecular flexibility index (Phi) is 2.63. The zero-order chi connectivity index (χ0) is 9.14. The molecule has 1 heterocycles. The van der Waals surface area contributed by atoms with Crippen molar-refractivity contribution in [2.75, 3.05) is 5.32 Å². The lowest BCUT2D eigenvalue weighted by atomic mass is 10.7. The molecule has 1 aromatic heterocycles. The molecule has 0 spiro atoms. The van der Waals surface area contributed by atoms with Gasteiger partial charge in [-0.1, -0.05) is 34.5 Å². The lowest BCUT2D eigenvalue weighted by Gasteiger charge is -1.87. The third kappa shape index (κ3) is 1.94. The summed E-state index contributed by atoms with van der Waals surface area (Å²) in [6, 6.07) is 0. The molecular formula is C6H4ClN3OS. The van der Waals surface area contributed by atoms with Gasteiger partial charge in [0.05, 0.1) is 0 Å². The van der Waals surface area contributed by atoms with Crippen LogP contribution in [-0.4, -0.2) is 10.9 Å². The van der Waals surface area contributed by atoms with Crippen LogP contribution in [0.15, 0.2) is 0 Å². The highest BCUT2D eigenvalue weighted by Gasteiger charge is 2.11. The van der Waals surface area contributed by atoms with Crippen molar-refractivity contribution < 1.29 is 4.79 Å². The van der Waals surface area contributed by atoms with E-state index in [2.05, 4.69) is 15.1 Å². The normalized spacial score (nSPS) is 9.08. The van der Waals surface area contributed by atoms with Crippen molar-refractivity contribution in [2.45, 2.75) is 6.92 Å². The molecule has 1 amide bonds. The molecule has 1 rings (SSSR count). The van der Waals surface area contributed by atoms with Crippen LogP contribution in [0.25, 0.3) is 4.85 Å². The molecule has 0 aromatic carbocycles. The maximum atomic E-state index is 10.6. The van der Waals surface area contributed by atoms with E-state index in [1.807, 2.05) is 0 Å². The Bertz CT molecular complexity index is 354. The summed E-state index contributed by atoms with van der Waals surface area (Å²) in [5.41, 5.74) is 0. The van der Waals surface area contributed by atoms with Gasteiger partial charge in [-0.25, -0.2) is 0 Å². The number of hydrogen-bond acceptors (Lipinski definition) is 3. The highest BCUT2D eigenvalue weighted by atomic mass is 35.5. The summed E-state index contributed by atoms with van der Waals surface area (Å²) < 4.78 is 0.300. The predicted octanol–water partition coefficient (Wildman–Crippen LogP) is 2.31. The Morgan fingerprint density at radius 1 is 1.83 bits per heavy atom. The minimum Gasteiger partial charge on any atom is -0.359 e. The van der Waals surface area contributed by atoms with Gasteiger partial charge in [0.1, 0.15) is 4.34 Å². The van der Waals surface area contributed by atoms with E-state index in [-0.39, 0.29) is 11.7 Å². The fourth-order valence-corrected chi connectivity index (χ4v) is 1.55. The van der Waals surface area contributed by atoms with Gasteiger partial charge >= 0.3 is 5.82 Å². The van der Waals surface area contributed by atoms with E-state index in [0.29, 0.717) is 9.47 Å². The number of hydrogen-bond donors (Lipinski definition) is 1. The maximum Gasteiger partial charge on any atom is 0.301 e. The van der Waals surface area contributed by atoms with Gasteiger partial charge in [0.25, 0.3) is 5.13 Å². The number of thiazole rings is 1. The smallest absolute Gasteiger partial charge is 0.301 e. The second-order valence-corrected chi connectivity index (χ2v) is 3.51. The summed E-state index contributed by atoms with van der Waals surface area (Å²) >= 11 is 6.70. The van der Waals surface area contributed by atoms with Crippen molar-refractivity contribution in [3.8, 4) is 0 Å². The SMILES string of the molecule is [C-]#[N+]c1nc(NC(C)=O)sc1Cl. The molecule has 0 fully saturated rings. The summed E-state index contributed by atoms with van der Waals surface area (Å²) in [5, 5.41) is 2.80. The van der Waals surface area contributed by atoms with E-state index in [0.717, 1.165) is 11.3 Å². The molecule has 4 nitrogen and oxygen atoms in total. The number of carbonyl (C=O) groups excluding carboxylic acids is 1. The summed E-state index contributed by atoms with van der Waals surface area (Å²) in [5.74, 6) is -0.0950. The zero-order valence-electron chi connectivity index (χ0n) is 6.09. The zero-order valence-corrected chi connectivity index (χ0v) is 7.66. The third-order valence-corrected chi connectivity index (χ3v) is 2.11. The second kappa shape index (κ2) is 3.52. The van der Waals surface area contributed by atoms with E-state index < -0.39 is 0 Å². The number of amides is 1. The number of nitrogens with one attached hydrogen (secondary N) is 1. The molecule has 1 aromatic rings. The largest absolute Gasteiger partial charge is 0.359 e. The summed E-state index contributed by atoms with van der Waals surface area (Å²) in [6.07, 6.45) is 0. The summed E-state index contributed by atoms with van der Waals surface area (Å²) in [4.78, 5) is 17.4. The average molecular weight is 202 g/mol. The van der Waals surface area contributed by atoms with E-state index in [9.17, 15) is 4.79 Å². The lowest BCUT2D eigenvalue weighted by molar-refractivity contribution is -0.114. The molecule has 0 bridgehead atoms. The average Bonchev–Trinajstić information content (AvgIpc) is 2.29. The Hall–Kier alpha value is -1.12. The van der Waals surface area contributed by atoms with Crippen molar-refractivity contribution in [1.82, 2.24) is 4.98 Å². The summed E-state index contributed by atoms with van der Waals surface area (Å²) in [6.45, 7) is 8.02. The minimum absolute atomic E-state index is 0.130. The molecule has 62 valence electrons. The highest BCUT2D eigenvalue weighted by Crippen LogP contribution is 2.33. The molecule has 0 aliphatic carbocycles. The first-order chi connectivity index (χ1) is 5.63. The third-order valence-electron chi connectivity index (χ3n) is 0.958. The van der Waals surface area contributed by atoms with Crippen LogP contribution in [0.3, 0.4) is 0 Å². The number of carbonyl (C=O) groups is 1. The van der Waals surface area contributed by atoms with Crippen molar-refractivity contribution in [3.05, 3.63) is 15.8 Å². The Morgan fingerprint density at radius 2 is 2.50 bits per heavy atom. The molecule has 0 unspecified atom stereocenters. The quantitative estimate of drug-likeness (QED) is 0.709. The Morgan fingerprint density at radius 3 is 2.92 bits per heavy atom. The molecule has 0 saturated carbocycles. The van der Waals surface area contributed by atoms with Crippen LogP contribution in [0.2, 0.25) is 4.34 Å². The van der Waals surface area contributed by atoms with Crippen molar-refractivity contribution in [3.63, 3.8) is 0 Å². The monoisotopic (exact) mass is 201 g/mol. The van der Waals surface area contributed by atoms with Crippen LogP contribution >= 0.6 is 22.9 Å². The van der Waals surface area contributed by atoms with Crippen LogP contribution in [0, 0.1) is 6.57 Å². The van der Waals surface area contributed by atoms with Gasteiger partial charge in [0.2, 0.25) is 5.91 Å². The molecule has 1 N–H and O–H groups in total. The number of anilines is 1. The van der Waals surface area contributed by atoms with E-state index >= 15 is 0 Å². The van der Waals surface area contributed by atoms with Gasteiger partial charge in [0, 0.05) is 6.92 Å². The Labute approximate surface area is 78.0 Å². The van der Waals surface area contributed by atoms with Gasteiger partial charge in [-0.05, 0) is 0 Å². The van der Waals surface area contributed by atoms with Crippen molar-refractivity contribution in [1.29, 1.82) is 0 Å². The number of aromatic nitrogens is 1. The van der Waals surface area contributed by atoms with Crippen LogP contribution in [-0.2, 0) is 4.79 Å². The molecule has 0 saturated heterocycles. The van der Waals surface area contributed by atoms with Crippen LogP contribution in [0.1, 0.15) is 6.92 Å². The van der Waals surface area contributed by atoms with Gasteiger partial charge in [0.15, 0.2) is 0 Å². The molecule has 0 aliphatic rings. The molecule has 0 aliphatic heterocycles. The van der Waals surface area contributed by atoms with E-state index in [1.54, 1.807) is 0 Å². The summed E-state index contributed by atoms with van der Waals surface area (Å²) in [7, 11) is 0. The van der Waals surface area contributed by atoms with Crippen LogP contribution in [0.5, 0.6) is 0 Å². The first kappa shape index (κ1) is 8.97. The molecule has 0 radical (unpaired) electrons. The molecular weight excluding hydrogens is 198 g/mol. The fraction of sp³-hybridized carbons (Fsp3) is 0.167. The molecule has 12 heavy (non-hydrogen) atoms. The fourth-order valence-electron chi connectivity index (χ4n) is 0.566. The second-order valence-electron chi connectivity index (χ2n) is 1.91. The molecule has 0 atom stereocenters. The first-order valence-corrected chi connectivity index (χ1v) is 4.14. The van der Waals surface area contributed by atoms with E-state index in [4.69, 9.17) is 18.2 Å². The van der Waals surface area contributed by atoms with Crippen LogP contribution < -0.4 is 5.32 Å². The van der Waals surface area contributed by atoms with Gasteiger partial charge in [-0.2, -0.15) is 0 Å². The van der Waals surface area contributed by atoms with Gasteiger partial charge < -0.3 is 4.85 Å². The van der Waals surface area contributed by atoms with E-state index in [1.165, 1.54) is 6.92 Å². The molecule has 6 heteroatoms. The number of nitrogens with zero attached hydrogens (tertiary/aromatic N) is 2. The Balaban J connectivity index is 2.91. The number of rotatable bonds is 1. The first-order valence-electron chi connectivity index (χ1n) is 2.95. The predicted molar refractivity (Wildman–Crippen MR) is 47.7 cm³/mol. The van der Waals surface area contributed by atoms with Gasteiger partial charge in [-0.15, -0.1) is 0 Å². The van der Waals surface area contributed by atoms with Crippen molar-refractivity contribution in [2.24, 2.45) is 0 Å². The topological polar surface area (TPSA) is 46.4 Å².